The van der Waals surface area contributed by atoms with Crippen molar-refractivity contribution in [2.45, 2.75) is 52.0 Å². The zero-order valence-electron chi connectivity index (χ0n) is 15.5. The largest absolute Gasteiger partial charge is 0.324 e. The first-order valence-electron chi connectivity index (χ1n) is 9.00. The molecule has 25 heavy (non-hydrogen) atoms. The number of nitrogens with zero attached hydrogens (tertiary/aromatic N) is 2. The van der Waals surface area contributed by atoms with Crippen LogP contribution in [-0.2, 0) is 11.8 Å². The predicted octanol–water partition coefficient (Wildman–Crippen LogP) is 3.99. The number of carbonyl (C=O) groups is 1. The molecule has 4 nitrogen and oxygen atoms in total. The van der Waals surface area contributed by atoms with Gasteiger partial charge in [-0.25, -0.2) is 0 Å². The van der Waals surface area contributed by atoms with Crippen molar-refractivity contribution in [2.24, 2.45) is 5.73 Å². The molecule has 1 aliphatic rings. The van der Waals surface area contributed by atoms with Crippen LogP contribution < -0.4 is 10.6 Å². The van der Waals surface area contributed by atoms with E-state index in [0.29, 0.717) is 12.1 Å². The second kappa shape index (κ2) is 6.60. The molecule has 1 aromatic carbocycles. The Bertz CT molecular complexity index is 781. The molecule has 0 bridgehead atoms. The summed E-state index contributed by atoms with van der Waals surface area (Å²) in [7, 11) is 0. The highest BCUT2D eigenvalue weighted by molar-refractivity contribution is 6.07. The lowest BCUT2D eigenvalue weighted by molar-refractivity contribution is 0.0982. The van der Waals surface area contributed by atoms with Crippen molar-refractivity contribution in [3.05, 3.63) is 58.9 Å². The van der Waals surface area contributed by atoms with Crippen LogP contribution in [0.1, 0.15) is 67.2 Å². The highest BCUT2D eigenvalue weighted by atomic mass is 16.2. The molecule has 1 aliphatic heterocycles. The van der Waals surface area contributed by atoms with Crippen LogP contribution in [0.4, 0.5) is 5.69 Å². The van der Waals surface area contributed by atoms with Crippen LogP contribution in [-0.4, -0.2) is 17.4 Å². The van der Waals surface area contributed by atoms with Crippen LogP contribution in [0, 0.1) is 0 Å². The van der Waals surface area contributed by atoms with Gasteiger partial charge in [0.25, 0.3) is 5.91 Å². The van der Waals surface area contributed by atoms with Crippen LogP contribution in [0.25, 0.3) is 0 Å². The van der Waals surface area contributed by atoms with Crippen LogP contribution in [0.3, 0.4) is 0 Å². The molecule has 1 atom stereocenters. The fourth-order valence-electron chi connectivity index (χ4n) is 3.65. The maximum atomic E-state index is 13.1. The SMILES string of the molecule is CCc1cc2c(cc1C(C)N)N(C(=O)c1ccncc1)CCC2(C)C. The van der Waals surface area contributed by atoms with Crippen LogP contribution >= 0.6 is 0 Å². The average molecular weight is 337 g/mol. The molecule has 1 amide bonds. The Morgan fingerprint density at radius 2 is 2.00 bits per heavy atom. The van der Waals surface area contributed by atoms with E-state index in [2.05, 4.69) is 37.9 Å². The minimum atomic E-state index is -0.0526. The van der Waals surface area contributed by atoms with Crippen molar-refractivity contribution in [3.8, 4) is 0 Å². The summed E-state index contributed by atoms with van der Waals surface area (Å²) >= 11 is 0. The summed E-state index contributed by atoms with van der Waals surface area (Å²) in [5, 5.41) is 0. The van der Waals surface area contributed by atoms with Crippen LogP contribution in [0.2, 0.25) is 0 Å². The van der Waals surface area contributed by atoms with Crippen molar-refractivity contribution in [1.29, 1.82) is 0 Å². The van der Waals surface area contributed by atoms with Gasteiger partial charge >= 0.3 is 0 Å². The number of pyridine rings is 1. The van der Waals surface area contributed by atoms with Crippen molar-refractivity contribution in [2.75, 3.05) is 11.4 Å². The molecule has 2 aromatic rings. The minimum absolute atomic E-state index is 0.0269. The molecule has 0 radical (unpaired) electrons. The highest BCUT2D eigenvalue weighted by Gasteiger charge is 2.35. The number of amides is 1. The summed E-state index contributed by atoms with van der Waals surface area (Å²) in [6, 6.07) is 7.89. The Balaban J connectivity index is 2.14. The zero-order chi connectivity index (χ0) is 18.2. The van der Waals surface area contributed by atoms with Gasteiger partial charge in [0, 0.05) is 36.2 Å². The van der Waals surface area contributed by atoms with E-state index in [1.165, 1.54) is 11.1 Å². The van der Waals surface area contributed by atoms with Gasteiger partial charge in [0.2, 0.25) is 0 Å². The number of carbonyl (C=O) groups excluding carboxylic acids is 1. The second-order valence-electron chi connectivity index (χ2n) is 7.54. The predicted molar refractivity (Wildman–Crippen MR) is 102 cm³/mol. The number of fused-ring (bicyclic) bond motifs is 1. The third kappa shape index (κ3) is 3.19. The molecule has 0 spiro atoms. The van der Waals surface area contributed by atoms with E-state index in [1.54, 1.807) is 24.5 Å². The van der Waals surface area contributed by atoms with Crippen molar-refractivity contribution >= 4 is 11.6 Å². The van der Waals surface area contributed by atoms with Gasteiger partial charge in [0.1, 0.15) is 0 Å². The summed E-state index contributed by atoms with van der Waals surface area (Å²) < 4.78 is 0. The number of benzene rings is 1. The molecule has 1 unspecified atom stereocenters. The summed E-state index contributed by atoms with van der Waals surface area (Å²) in [5.74, 6) is 0.0269. The fraction of sp³-hybridized carbons (Fsp3) is 0.429. The van der Waals surface area contributed by atoms with E-state index in [1.807, 2.05) is 11.8 Å². The van der Waals surface area contributed by atoms with Crippen molar-refractivity contribution < 1.29 is 4.79 Å². The molecule has 0 fully saturated rings. The van der Waals surface area contributed by atoms with Gasteiger partial charge in [-0.3, -0.25) is 9.78 Å². The Kier molecular flexibility index (Phi) is 4.65. The quantitative estimate of drug-likeness (QED) is 0.921. The smallest absolute Gasteiger partial charge is 0.258 e. The van der Waals surface area contributed by atoms with E-state index in [-0.39, 0.29) is 17.4 Å². The van der Waals surface area contributed by atoms with Gasteiger partial charge in [0.05, 0.1) is 0 Å². The Morgan fingerprint density at radius 1 is 1.32 bits per heavy atom. The van der Waals surface area contributed by atoms with Crippen LogP contribution in [0.15, 0.2) is 36.7 Å². The van der Waals surface area contributed by atoms with Crippen LogP contribution in [0.5, 0.6) is 0 Å². The minimum Gasteiger partial charge on any atom is -0.324 e. The van der Waals surface area contributed by atoms with E-state index in [9.17, 15) is 4.79 Å². The number of rotatable bonds is 3. The van der Waals surface area contributed by atoms with E-state index >= 15 is 0 Å². The maximum Gasteiger partial charge on any atom is 0.258 e. The monoisotopic (exact) mass is 337 g/mol. The fourth-order valence-corrected chi connectivity index (χ4v) is 3.65. The Labute approximate surface area is 150 Å². The summed E-state index contributed by atoms with van der Waals surface area (Å²) in [6.45, 7) is 9.38. The molecule has 3 rings (SSSR count). The number of aryl methyl sites for hydroxylation is 1. The molecule has 2 N–H and O–H groups in total. The lowest BCUT2D eigenvalue weighted by Gasteiger charge is -2.40. The van der Waals surface area contributed by atoms with E-state index < -0.39 is 0 Å². The lowest BCUT2D eigenvalue weighted by atomic mass is 9.75. The molecule has 0 saturated heterocycles. The standard InChI is InChI=1S/C21H27N3O/c1-5-15-12-18-19(13-17(15)14(2)22)24(11-8-21(18,3)4)20(25)16-6-9-23-10-7-16/h6-7,9-10,12-14H,5,8,11,22H2,1-4H3. The van der Waals surface area contributed by atoms with Crippen molar-refractivity contribution in [1.82, 2.24) is 4.98 Å². The number of aromatic nitrogens is 1. The summed E-state index contributed by atoms with van der Waals surface area (Å²) in [6.07, 6.45) is 5.21. The maximum absolute atomic E-state index is 13.1. The van der Waals surface area contributed by atoms with Gasteiger partial charge in [-0.1, -0.05) is 26.8 Å². The van der Waals surface area contributed by atoms with Crippen molar-refractivity contribution in [3.63, 3.8) is 0 Å². The number of hydrogen-bond donors (Lipinski definition) is 1. The molecule has 132 valence electrons. The first kappa shape index (κ1) is 17.6. The first-order chi connectivity index (χ1) is 11.8. The summed E-state index contributed by atoms with van der Waals surface area (Å²) in [4.78, 5) is 19.0. The Hall–Kier alpha value is -2.20. The molecule has 0 aliphatic carbocycles. The normalized spacial score (nSPS) is 17.1. The molecule has 1 aromatic heterocycles. The van der Waals surface area contributed by atoms with Gasteiger partial charge in [-0.15, -0.1) is 0 Å². The highest BCUT2D eigenvalue weighted by Crippen LogP contribution is 2.42. The zero-order valence-corrected chi connectivity index (χ0v) is 15.5. The average Bonchev–Trinajstić information content (AvgIpc) is 2.61. The molecular formula is C21H27N3O. The molecule has 2 heterocycles. The van der Waals surface area contributed by atoms with E-state index in [0.717, 1.165) is 24.1 Å². The second-order valence-corrected chi connectivity index (χ2v) is 7.54. The van der Waals surface area contributed by atoms with E-state index in [4.69, 9.17) is 5.73 Å². The van der Waals surface area contributed by atoms with Gasteiger partial charge in [-0.2, -0.15) is 0 Å². The third-order valence-corrected chi connectivity index (χ3v) is 5.28. The number of anilines is 1. The molecular weight excluding hydrogens is 310 g/mol. The third-order valence-electron chi connectivity index (χ3n) is 5.28. The summed E-state index contributed by atoms with van der Waals surface area (Å²) in [5.41, 5.74) is 11.6. The molecule has 0 saturated carbocycles. The molecule has 4 heteroatoms. The Morgan fingerprint density at radius 3 is 2.60 bits per heavy atom. The van der Waals surface area contributed by atoms with Gasteiger partial charge in [0.15, 0.2) is 0 Å². The number of hydrogen-bond acceptors (Lipinski definition) is 3. The van der Waals surface area contributed by atoms with Gasteiger partial charge < -0.3 is 10.6 Å². The first-order valence-corrected chi connectivity index (χ1v) is 9.00. The number of nitrogens with two attached hydrogens (primary N) is 1. The topological polar surface area (TPSA) is 59.2 Å². The lowest BCUT2D eigenvalue weighted by Crippen LogP contribution is -2.41. The van der Waals surface area contributed by atoms with Gasteiger partial charge in [-0.05, 0) is 60.1 Å².